The summed E-state index contributed by atoms with van der Waals surface area (Å²) >= 11 is 0. The number of amides is 1. The van der Waals surface area contributed by atoms with Crippen LogP contribution in [0, 0.1) is 5.92 Å². The molecule has 1 fully saturated rings. The molecule has 0 saturated carbocycles. The molecular weight excluding hydrogens is 364 g/mol. The standard InChI is InChI=1S/C23H34N4O2/c1-4-27-18-22(16-24-27)23(28)26-11-9-20(10-12-26)15-19-5-7-21(8-6-19)17-25(2)13-14-29-3/h5-8,16,18,20H,4,9-15,17H2,1-3H3. The monoisotopic (exact) mass is 398 g/mol. The molecule has 0 bridgehead atoms. The molecule has 6 nitrogen and oxygen atoms in total. The predicted octanol–water partition coefficient (Wildman–Crippen LogP) is 3.08. The highest BCUT2D eigenvalue weighted by atomic mass is 16.5. The molecule has 1 aromatic carbocycles. The fourth-order valence-corrected chi connectivity index (χ4v) is 3.92. The van der Waals surface area contributed by atoms with Crippen molar-refractivity contribution in [2.24, 2.45) is 5.92 Å². The maximum Gasteiger partial charge on any atom is 0.257 e. The van der Waals surface area contributed by atoms with Gasteiger partial charge in [-0.15, -0.1) is 0 Å². The van der Waals surface area contributed by atoms with E-state index in [0.717, 1.165) is 58.6 Å². The highest BCUT2D eigenvalue weighted by molar-refractivity contribution is 5.93. The number of methoxy groups -OCH3 is 1. The van der Waals surface area contributed by atoms with Crippen molar-refractivity contribution in [3.63, 3.8) is 0 Å². The number of nitrogens with zero attached hydrogens (tertiary/aromatic N) is 4. The van der Waals surface area contributed by atoms with E-state index in [0.29, 0.717) is 11.5 Å². The van der Waals surface area contributed by atoms with Gasteiger partial charge >= 0.3 is 0 Å². The van der Waals surface area contributed by atoms with Crippen LogP contribution < -0.4 is 0 Å². The smallest absolute Gasteiger partial charge is 0.257 e. The van der Waals surface area contributed by atoms with Gasteiger partial charge in [0.15, 0.2) is 0 Å². The number of hydrogen-bond donors (Lipinski definition) is 0. The minimum Gasteiger partial charge on any atom is -0.383 e. The summed E-state index contributed by atoms with van der Waals surface area (Å²) in [6, 6.07) is 9.00. The van der Waals surface area contributed by atoms with Crippen molar-refractivity contribution in [1.82, 2.24) is 19.6 Å². The third kappa shape index (κ3) is 6.15. The van der Waals surface area contributed by atoms with Crippen molar-refractivity contribution in [2.75, 3.05) is 40.4 Å². The molecule has 2 heterocycles. The number of aromatic nitrogens is 2. The fourth-order valence-electron chi connectivity index (χ4n) is 3.92. The average Bonchev–Trinajstić information content (AvgIpc) is 3.23. The number of ether oxygens (including phenoxy) is 1. The van der Waals surface area contributed by atoms with Gasteiger partial charge in [0.1, 0.15) is 0 Å². The van der Waals surface area contributed by atoms with Crippen molar-refractivity contribution >= 4 is 5.91 Å². The molecule has 6 heteroatoms. The van der Waals surface area contributed by atoms with Crippen LogP contribution in [-0.2, 0) is 24.2 Å². The molecule has 1 aromatic heterocycles. The first-order chi connectivity index (χ1) is 14.1. The first-order valence-corrected chi connectivity index (χ1v) is 10.7. The number of benzene rings is 1. The Bertz CT molecular complexity index is 763. The maximum atomic E-state index is 12.6. The van der Waals surface area contributed by atoms with Crippen LogP contribution in [0.3, 0.4) is 0 Å². The summed E-state index contributed by atoms with van der Waals surface area (Å²) in [5.41, 5.74) is 3.43. The van der Waals surface area contributed by atoms with Gasteiger partial charge < -0.3 is 9.64 Å². The minimum absolute atomic E-state index is 0.116. The fraction of sp³-hybridized carbons (Fsp3) is 0.565. The molecule has 1 saturated heterocycles. The van der Waals surface area contributed by atoms with E-state index in [1.54, 1.807) is 18.0 Å². The van der Waals surface area contributed by atoms with Crippen molar-refractivity contribution in [1.29, 1.82) is 0 Å². The molecule has 1 aliphatic rings. The lowest BCUT2D eigenvalue weighted by atomic mass is 9.89. The summed E-state index contributed by atoms with van der Waals surface area (Å²) in [5, 5.41) is 4.22. The van der Waals surface area contributed by atoms with Crippen molar-refractivity contribution in [3.05, 3.63) is 53.3 Å². The van der Waals surface area contributed by atoms with Gasteiger partial charge in [-0.2, -0.15) is 5.10 Å². The number of piperidine rings is 1. The van der Waals surface area contributed by atoms with E-state index < -0.39 is 0 Å². The molecule has 1 amide bonds. The topological polar surface area (TPSA) is 50.6 Å². The molecule has 0 spiro atoms. The zero-order valence-electron chi connectivity index (χ0n) is 18.0. The van der Waals surface area contributed by atoms with Gasteiger partial charge in [-0.3, -0.25) is 14.4 Å². The number of carbonyl (C=O) groups excluding carboxylic acids is 1. The third-order valence-corrected chi connectivity index (χ3v) is 5.78. The lowest BCUT2D eigenvalue weighted by molar-refractivity contribution is 0.0690. The summed E-state index contributed by atoms with van der Waals surface area (Å²) in [5.74, 6) is 0.762. The van der Waals surface area contributed by atoms with E-state index in [2.05, 4.69) is 41.3 Å². The summed E-state index contributed by atoms with van der Waals surface area (Å²) in [6.07, 6.45) is 6.76. The Balaban J connectivity index is 1.45. The van der Waals surface area contributed by atoms with Crippen molar-refractivity contribution < 1.29 is 9.53 Å². The maximum absolute atomic E-state index is 12.6. The van der Waals surface area contributed by atoms with Crippen LogP contribution in [0.2, 0.25) is 0 Å². The van der Waals surface area contributed by atoms with Gasteiger partial charge in [-0.1, -0.05) is 24.3 Å². The SMILES string of the molecule is CCn1cc(C(=O)N2CCC(Cc3ccc(CN(C)CCOC)cc3)CC2)cn1. The Morgan fingerprint density at radius 3 is 2.52 bits per heavy atom. The van der Waals surface area contributed by atoms with Gasteiger partial charge in [0.05, 0.1) is 18.4 Å². The first kappa shape index (κ1) is 21.5. The summed E-state index contributed by atoms with van der Waals surface area (Å²) < 4.78 is 6.94. The Hall–Kier alpha value is -2.18. The van der Waals surface area contributed by atoms with Crippen LogP contribution in [0.1, 0.15) is 41.3 Å². The number of aryl methyl sites for hydroxylation is 1. The van der Waals surface area contributed by atoms with Crippen LogP contribution in [0.15, 0.2) is 36.7 Å². The van der Waals surface area contributed by atoms with Gasteiger partial charge in [-0.25, -0.2) is 0 Å². The van der Waals surface area contributed by atoms with E-state index in [9.17, 15) is 4.79 Å². The van der Waals surface area contributed by atoms with Crippen LogP contribution in [-0.4, -0.2) is 65.9 Å². The van der Waals surface area contributed by atoms with E-state index >= 15 is 0 Å². The van der Waals surface area contributed by atoms with Gasteiger partial charge in [0.25, 0.3) is 5.91 Å². The molecule has 1 aliphatic heterocycles. The summed E-state index contributed by atoms with van der Waals surface area (Å²) in [7, 11) is 3.86. The molecule has 0 radical (unpaired) electrons. The summed E-state index contributed by atoms with van der Waals surface area (Å²) in [6.45, 7) is 7.13. The number of carbonyl (C=O) groups is 1. The van der Waals surface area contributed by atoms with Crippen molar-refractivity contribution in [2.45, 2.75) is 39.3 Å². The highest BCUT2D eigenvalue weighted by Crippen LogP contribution is 2.23. The van der Waals surface area contributed by atoms with Crippen molar-refractivity contribution in [3.8, 4) is 0 Å². The number of hydrogen-bond acceptors (Lipinski definition) is 4. The van der Waals surface area contributed by atoms with E-state index in [4.69, 9.17) is 4.74 Å². The van der Waals surface area contributed by atoms with E-state index in [1.165, 1.54) is 11.1 Å². The molecular formula is C23H34N4O2. The van der Waals surface area contributed by atoms with Gasteiger partial charge in [-0.05, 0) is 50.3 Å². The Morgan fingerprint density at radius 1 is 1.21 bits per heavy atom. The lowest BCUT2D eigenvalue weighted by Crippen LogP contribution is -2.38. The summed E-state index contributed by atoms with van der Waals surface area (Å²) in [4.78, 5) is 16.9. The molecule has 29 heavy (non-hydrogen) atoms. The largest absolute Gasteiger partial charge is 0.383 e. The normalized spacial score (nSPS) is 15.2. The molecule has 3 rings (SSSR count). The molecule has 0 atom stereocenters. The van der Waals surface area contributed by atoms with Crippen LogP contribution in [0.25, 0.3) is 0 Å². The second-order valence-corrected chi connectivity index (χ2v) is 8.07. The Labute approximate surface area is 174 Å². The molecule has 158 valence electrons. The minimum atomic E-state index is 0.116. The highest BCUT2D eigenvalue weighted by Gasteiger charge is 2.24. The number of rotatable bonds is 9. The van der Waals surface area contributed by atoms with Gasteiger partial charge in [0, 0.05) is 46.0 Å². The predicted molar refractivity (Wildman–Crippen MR) is 115 cm³/mol. The first-order valence-electron chi connectivity index (χ1n) is 10.7. The quantitative estimate of drug-likeness (QED) is 0.651. The second-order valence-electron chi connectivity index (χ2n) is 8.07. The molecule has 0 aliphatic carbocycles. The molecule has 0 unspecified atom stereocenters. The molecule has 0 N–H and O–H groups in total. The number of likely N-dealkylation sites (tertiary alicyclic amines) is 1. The number of likely N-dealkylation sites (N-methyl/N-ethyl adjacent to an activating group) is 1. The zero-order valence-corrected chi connectivity index (χ0v) is 18.0. The second kappa shape index (κ2) is 10.6. The van der Waals surface area contributed by atoms with Crippen LogP contribution in [0.5, 0.6) is 0 Å². The average molecular weight is 399 g/mol. The van der Waals surface area contributed by atoms with E-state index in [1.807, 2.05) is 18.0 Å². The lowest BCUT2D eigenvalue weighted by Gasteiger charge is -2.32. The Kier molecular flexibility index (Phi) is 7.83. The van der Waals surface area contributed by atoms with E-state index in [-0.39, 0.29) is 5.91 Å². The molecule has 2 aromatic rings. The van der Waals surface area contributed by atoms with Gasteiger partial charge in [0.2, 0.25) is 0 Å². The third-order valence-electron chi connectivity index (χ3n) is 5.78. The van der Waals surface area contributed by atoms with Crippen LogP contribution >= 0.6 is 0 Å². The zero-order chi connectivity index (χ0) is 20.6. The van der Waals surface area contributed by atoms with Crippen LogP contribution in [0.4, 0.5) is 0 Å². The Morgan fingerprint density at radius 2 is 1.90 bits per heavy atom.